The van der Waals surface area contributed by atoms with Gasteiger partial charge in [0, 0.05) is 12.1 Å². The Morgan fingerprint density at radius 2 is 2.22 bits per heavy atom. The van der Waals surface area contributed by atoms with Crippen LogP contribution in [0.4, 0.5) is 4.39 Å². The van der Waals surface area contributed by atoms with E-state index in [1.807, 2.05) is 0 Å². The average molecular weight is 127 g/mol. The summed E-state index contributed by atoms with van der Waals surface area (Å²) in [5, 5.41) is 0. The molecule has 0 heterocycles. The average Bonchev–Trinajstić information content (AvgIpc) is 1.80. The molecule has 0 spiro atoms. The van der Waals surface area contributed by atoms with Gasteiger partial charge in [0.1, 0.15) is 5.83 Å². The maximum Gasteiger partial charge on any atom is 0.103 e. The summed E-state index contributed by atoms with van der Waals surface area (Å²) in [5.74, 6) is -0.0239. The second kappa shape index (κ2) is 2.21. The number of hydrogen-bond acceptors (Lipinski definition) is 1. The molecule has 0 aliphatic heterocycles. The molecule has 0 unspecified atom stereocenters. The topological polar surface area (TPSA) is 26.0 Å². The molecular weight excluding hydrogens is 117 g/mol. The summed E-state index contributed by atoms with van der Waals surface area (Å²) in [6.45, 7) is 1.74. The second-order valence-electron chi connectivity index (χ2n) is 2.31. The van der Waals surface area contributed by atoms with Gasteiger partial charge < -0.3 is 5.73 Å². The predicted molar refractivity (Wildman–Crippen MR) is 35.3 cm³/mol. The fourth-order valence-electron chi connectivity index (χ4n) is 0.880. The van der Waals surface area contributed by atoms with Gasteiger partial charge in [-0.2, -0.15) is 0 Å². The van der Waals surface area contributed by atoms with Gasteiger partial charge in [-0.05, 0) is 25.0 Å². The van der Waals surface area contributed by atoms with Crippen molar-refractivity contribution in [1.29, 1.82) is 0 Å². The first kappa shape index (κ1) is 6.33. The Morgan fingerprint density at radius 3 is 2.67 bits per heavy atom. The summed E-state index contributed by atoms with van der Waals surface area (Å²) in [6.07, 6.45) is 2.84. The van der Waals surface area contributed by atoms with Crippen molar-refractivity contribution in [1.82, 2.24) is 0 Å². The molecule has 0 radical (unpaired) electrons. The Kier molecular flexibility index (Phi) is 1.56. The lowest BCUT2D eigenvalue weighted by atomic mass is 10.1. The van der Waals surface area contributed by atoms with Gasteiger partial charge in [0.25, 0.3) is 0 Å². The molecule has 0 aromatic rings. The SMILES string of the molecule is CC1=C(F)CCC(N)=C1. The van der Waals surface area contributed by atoms with E-state index < -0.39 is 0 Å². The van der Waals surface area contributed by atoms with Crippen LogP contribution >= 0.6 is 0 Å². The lowest BCUT2D eigenvalue weighted by molar-refractivity contribution is 0.571. The largest absolute Gasteiger partial charge is 0.402 e. The van der Waals surface area contributed by atoms with Crippen molar-refractivity contribution in [2.75, 3.05) is 0 Å². The number of allylic oxidation sites excluding steroid dienone is 4. The molecule has 50 valence electrons. The first-order chi connectivity index (χ1) is 4.20. The summed E-state index contributed by atoms with van der Waals surface area (Å²) in [6, 6.07) is 0. The molecule has 0 aromatic carbocycles. The first-order valence-corrected chi connectivity index (χ1v) is 3.01. The van der Waals surface area contributed by atoms with Crippen molar-refractivity contribution in [3.8, 4) is 0 Å². The Hall–Kier alpha value is -0.790. The van der Waals surface area contributed by atoms with Gasteiger partial charge in [-0.15, -0.1) is 0 Å². The van der Waals surface area contributed by atoms with Crippen LogP contribution in [0.5, 0.6) is 0 Å². The normalized spacial score (nSPS) is 20.0. The van der Waals surface area contributed by atoms with Gasteiger partial charge in [-0.1, -0.05) is 0 Å². The monoisotopic (exact) mass is 127 g/mol. The van der Waals surface area contributed by atoms with Crippen LogP contribution in [0.3, 0.4) is 0 Å². The smallest absolute Gasteiger partial charge is 0.103 e. The zero-order chi connectivity index (χ0) is 6.85. The standard InChI is InChI=1S/C7H10FN/c1-5-4-6(9)2-3-7(5)8/h4H,2-3,9H2,1H3. The van der Waals surface area contributed by atoms with E-state index in [1.54, 1.807) is 13.0 Å². The molecule has 1 aliphatic carbocycles. The molecule has 0 amide bonds. The van der Waals surface area contributed by atoms with E-state index in [0.717, 1.165) is 5.70 Å². The van der Waals surface area contributed by atoms with Gasteiger partial charge in [-0.25, -0.2) is 4.39 Å². The van der Waals surface area contributed by atoms with Crippen molar-refractivity contribution in [2.45, 2.75) is 19.8 Å². The van der Waals surface area contributed by atoms with Crippen LogP contribution in [0.2, 0.25) is 0 Å². The van der Waals surface area contributed by atoms with Crippen LogP contribution in [-0.4, -0.2) is 0 Å². The molecule has 0 saturated heterocycles. The molecule has 2 N–H and O–H groups in total. The molecule has 1 rings (SSSR count). The van der Waals surface area contributed by atoms with E-state index >= 15 is 0 Å². The van der Waals surface area contributed by atoms with E-state index in [1.165, 1.54) is 0 Å². The van der Waals surface area contributed by atoms with Crippen LogP contribution in [0.1, 0.15) is 19.8 Å². The third kappa shape index (κ3) is 1.31. The maximum absolute atomic E-state index is 12.5. The minimum absolute atomic E-state index is 0.0239. The van der Waals surface area contributed by atoms with Gasteiger partial charge >= 0.3 is 0 Å². The van der Waals surface area contributed by atoms with Crippen molar-refractivity contribution < 1.29 is 4.39 Å². The highest BCUT2D eigenvalue weighted by Gasteiger charge is 2.06. The molecule has 0 saturated carbocycles. The number of hydrogen-bond donors (Lipinski definition) is 1. The van der Waals surface area contributed by atoms with Crippen LogP contribution in [0, 0.1) is 0 Å². The lowest BCUT2D eigenvalue weighted by Crippen LogP contribution is -2.02. The molecular formula is C7H10FN. The Balaban J connectivity index is 2.83. The minimum atomic E-state index is -0.0239. The molecule has 0 fully saturated rings. The molecule has 0 bridgehead atoms. The second-order valence-corrected chi connectivity index (χ2v) is 2.31. The molecule has 9 heavy (non-hydrogen) atoms. The summed E-state index contributed by atoms with van der Waals surface area (Å²) in [7, 11) is 0. The number of halogens is 1. The molecule has 1 nitrogen and oxygen atoms in total. The first-order valence-electron chi connectivity index (χ1n) is 3.01. The van der Waals surface area contributed by atoms with Crippen molar-refractivity contribution in [3.63, 3.8) is 0 Å². The van der Waals surface area contributed by atoms with E-state index in [-0.39, 0.29) is 5.83 Å². The van der Waals surface area contributed by atoms with E-state index in [0.29, 0.717) is 18.4 Å². The van der Waals surface area contributed by atoms with Crippen LogP contribution in [0.15, 0.2) is 23.2 Å². The predicted octanol–water partition coefficient (Wildman–Crippen LogP) is 1.87. The summed E-state index contributed by atoms with van der Waals surface area (Å²) in [5.41, 5.74) is 6.91. The highest BCUT2D eigenvalue weighted by Crippen LogP contribution is 2.21. The Labute approximate surface area is 54.0 Å². The lowest BCUT2D eigenvalue weighted by Gasteiger charge is -2.08. The van der Waals surface area contributed by atoms with Gasteiger partial charge in [0.2, 0.25) is 0 Å². The highest BCUT2D eigenvalue weighted by atomic mass is 19.1. The van der Waals surface area contributed by atoms with E-state index in [2.05, 4.69) is 0 Å². The summed E-state index contributed by atoms with van der Waals surface area (Å²) >= 11 is 0. The van der Waals surface area contributed by atoms with Gasteiger partial charge in [0.15, 0.2) is 0 Å². The third-order valence-corrected chi connectivity index (χ3v) is 1.46. The molecule has 2 heteroatoms. The molecule has 1 aliphatic rings. The van der Waals surface area contributed by atoms with Crippen LogP contribution < -0.4 is 5.73 Å². The van der Waals surface area contributed by atoms with Crippen LogP contribution in [0.25, 0.3) is 0 Å². The van der Waals surface area contributed by atoms with E-state index in [4.69, 9.17) is 5.73 Å². The summed E-state index contributed by atoms with van der Waals surface area (Å²) < 4.78 is 12.5. The Bertz CT molecular complexity index is 179. The molecule has 0 aromatic heterocycles. The number of nitrogens with two attached hydrogens (primary N) is 1. The third-order valence-electron chi connectivity index (χ3n) is 1.46. The zero-order valence-electron chi connectivity index (χ0n) is 5.45. The minimum Gasteiger partial charge on any atom is -0.402 e. The van der Waals surface area contributed by atoms with Crippen molar-refractivity contribution >= 4 is 0 Å². The highest BCUT2D eigenvalue weighted by molar-refractivity contribution is 5.27. The van der Waals surface area contributed by atoms with Crippen molar-refractivity contribution in [3.05, 3.63) is 23.2 Å². The maximum atomic E-state index is 12.5. The fraction of sp³-hybridized carbons (Fsp3) is 0.429. The van der Waals surface area contributed by atoms with Crippen molar-refractivity contribution in [2.24, 2.45) is 5.73 Å². The number of rotatable bonds is 0. The Morgan fingerprint density at radius 1 is 1.56 bits per heavy atom. The van der Waals surface area contributed by atoms with Gasteiger partial charge in [0.05, 0.1) is 0 Å². The summed E-state index contributed by atoms with van der Waals surface area (Å²) in [4.78, 5) is 0. The zero-order valence-corrected chi connectivity index (χ0v) is 5.45. The van der Waals surface area contributed by atoms with Gasteiger partial charge in [-0.3, -0.25) is 0 Å². The quantitative estimate of drug-likeness (QED) is 0.528. The fourth-order valence-corrected chi connectivity index (χ4v) is 0.880. The molecule has 0 atom stereocenters. The van der Waals surface area contributed by atoms with E-state index in [9.17, 15) is 4.39 Å². The van der Waals surface area contributed by atoms with Crippen LogP contribution in [-0.2, 0) is 0 Å².